The maximum absolute atomic E-state index is 12.4. The van der Waals surface area contributed by atoms with Gasteiger partial charge < -0.3 is 11.1 Å². The van der Waals surface area contributed by atoms with E-state index in [0.717, 1.165) is 37.8 Å². The summed E-state index contributed by atoms with van der Waals surface area (Å²) in [5.74, 6) is 0. The van der Waals surface area contributed by atoms with Crippen molar-refractivity contribution < 1.29 is 21.6 Å². The SMILES string of the molecule is N[C@@H]1CCCC[C@H]1Nc1ccc(S(=O)(=O)C(F)(F)F)cc1. The van der Waals surface area contributed by atoms with Crippen LogP contribution in [0.3, 0.4) is 0 Å². The third kappa shape index (κ3) is 3.49. The monoisotopic (exact) mass is 322 g/mol. The van der Waals surface area contributed by atoms with Gasteiger partial charge in [0.2, 0.25) is 0 Å². The fraction of sp³-hybridized carbons (Fsp3) is 0.538. The van der Waals surface area contributed by atoms with Gasteiger partial charge in [-0.1, -0.05) is 12.8 Å². The predicted octanol–water partition coefficient (Wildman–Crippen LogP) is 2.66. The zero-order chi connectivity index (χ0) is 15.7. The molecule has 0 bridgehead atoms. The summed E-state index contributed by atoms with van der Waals surface area (Å²) in [6.45, 7) is 0. The molecule has 1 saturated carbocycles. The number of nitrogens with two attached hydrogens (primary N) is 1. The topological polar surface area (TPSA) is 72.2 Å². The third-order valence-corrected chi connectivity index (χ3v) is 5.14. The Balaban J connectivity index is 2.13. The normalized spacial score (nSPS) is 23.8. The third-order valence-electron chi connectivity index (χ3n) is 3.64. The number of sulfone groups is 1. The Morgan fingerprint density at radius 1 is 1.10 bits per heavy atom. The first-order valence-electron chi connectivity index (χ1n) is 6.65. The summed E-state index contributed by atoms with van der Waals surface area (Å²) >= 11 is 0. The van der Waals surface area contributed by atoms with Crippen molar-refractivity contribution in [2.75, 3.05) is 5.32 Å². The second-order valence-electron chi connectivity index (χ2n) is 5.17. The Labute approximate surface area is 121 Å². The minimum atomic E-state index is -5.29. The minimum absolute atomic E-state index is 0.00247. The Hall–Kier alpha value is -1.28. The van der Waals surface area contributed by atoms with E-state index in [9.17, 15) is 21.6 Å². The molecule has 0 amide bonds. The number of alkyl halides is 3. The summed E-state index contributed by atoms with van der Waals surface area (Å²) in [5, 5.41) is 3.15. The average molecular weight is 322 g/mol. The summed E-state index contributed by atoms with van der Waals surface area (Å²) in [4.78, 5) is -0.756. The van der Waals surface area contributed by atoms with Crippen molar-refractivity contribution in [2.24, 2.45) is 5.73 Å². The van der Waals surface area contributed by atoms with E-state index in [1.807, 2.05) is 0 Å². The van der Waals surface area contributed by atoms with Gasteiger partial charge >= 0.3 is 5.51 Å². The summed E-state index contributed by atoms with van der Waals surface area (Å²) in [6, 6.07) is 4.64. The van der Waals surface area contributed by atoms with Crippen LogP contribution in [0.15, 0.2) is 29.2 Å². The molecule has 21 heavy (non-hydrogen) atoms. The molecule has 8 heteroatoms. The zero-order valence-corrected chi connectivity index (χ0v) is 12.0. The quantitative estimate of drug-likeness (QED) is 0.897. The van der Waals surface area contributed by atoms with Crippen molar-refractivity contribution >= 4 is 15.5 Å². The number of hydrogen-bond acceptors (Lipinski definition) is 4. The van der Waals surface area contributed by atoms with Gasteiger partial charge in [-0.25, -0.2) is 8.42 Å². The van der Waals surface area contributed by atoms with E-state index in [1.165, 1.54) is 12.1 Å². The highest BCUT2D eigenvalue weighted by molar-refractivity contribution is 7.92. The lowest BCUT2D eigenvalue weighted by molar-refractivity contribution is -0.0436. The first-order valence-corrected chi connectivity index (χ1v) is 8.13. The molecule has 0 aromatic heterocycles. The van der Waals surface area contributed by atoms with Crippen LogP contribution in [-0.2, 0) is 9.84 Å². The van der Waals surface area contributed by atoms with Gasteiger partial charge in [-0.05, 0) is 37.1 Å². The fourth-order valence-electron chi connectivity index (χ4n) is 2.42. The van der Waals surface area contributed by atoms with Crippen LogP contribution in [0, 0.1) is 0 Å². The molecule has 1 aliphatic carbocycles. The average Bonchev–Trinajstić information content (AvgIpc) is 2.41. The molecule has 0 heterocycles. The van der Waals surface area contributed by atoms with E-state index in [-0.39, 0.29) is 12.1 Å². The molecule has 0 spiro atoms. The molecule has 1 fully saturated rings. The molecule has 1 aromatic carbocycles. The van der Waals surface area contributed by atoms with Crippen molar-refractivity contribution in [1.29, 1.82) is 0 Å². The summed E-state index contributed by atoms with van der Waals surface area (Å²) in [5.41, 5.74) is 1.26. The van der Waals surface area contributed by atoms with Gasteiger partial charge in [-0.2, -0.15) is 13.2 Å². The van der Waals surface area contributed by atoms with Crippen LogP contribution in [0.1, 0.15) is 25.7 Å². The highest BCUT2D eigenvalue weighted by atomic mass is 32.2. The smallest absolute Gasteiger partial charge is 0.381 e. The lowest BCUT2D eigenvalue weighted by atomic mass is 9.91. The molecular formula is C13H17F3N2O2S. The zero-order valence-electron chi connectivity index (χ0n) is 11.2. The molecule has 2 atom stereocenters. The molecule has 3 N–H and O–H groups in total. The molecule has 0 radical (unpaired) electrons. The summed E-state index contributed by atoms with van der Waals surface area (Å²) < 4.78 is 59.8. The maximum Gasteiger partial charge on any atom is 0.501 e. The molecule has 118 valence electrons. The van der Waals surface area contributed by atoms with Gasteiger partial charge in [0.1, 0.15) is 0 Å². The molecule has 1 aliphatic rings. The van der Waals surface area contributed by atoms with E-state index >= 15 is 0 Å². The standard InChI is InChI=1S/C13H17F3N2O2S/c14-13(15,16)21(19,20)10-7-5-9(6-8-10)18-12-4-2-1-3-11(12)17/h5-8,11-12,18H,1-4,17H2/t11-,12-/m1/s1. The number of benzene rings is 1. The van der Waals surface area contributed by atoms with Crippen molar-refractivity contribution in [3.63, 3.8) is 0 Å². The predicted molar refractivity (Wildman–Crippen MR) is 73.5 cm³/mol. The van der Waals surface area contributed by atoms with Crippen LogP contribution in [-0.4, -0.2) is 26.0 Å². The second-order valence-corrected chi connectivity index (χ2v) is 7.11. The van der Waals surface area contributed by atoms with Crippen LogP contribution in [0.2, 0.25) is 0 Å². The number of nitrogens with one attached hydrogen (secondary N) is 1. The molecule has 0 unspecified atom stereocenters. The van der Waals surface area contributed by atoms with Crippen LogP contribution >= 0.6 is 0 Å². The second kappa shape index (κ2) is 5.84. The van der Waals surface area contributed by atoms with E-state index in [0.29, 0.717) is 5.69 Å². The van der Waals surface area contributed by atoms with Gasteiger partial charge in [0, 0.05) is 17.8 Å². The van der Waals surface area contributed by atoms with Crippen molar-refractivity contribution in [1.82, 2.24) is 0 Å². The van der Waals surface area contributed by atoms with Gasteiger partial charge in [-0.15, -0.1) is 0 Å². The Morgan fingerprint density at radius 3 is 2.19 bits per heavy atom. The van der Waals surface area contributed by atoms with Crippen LogP contribution in [0.4, 0.5) is 18.9 Å². The number of anilines is 1. The van der Waals surface area contributed by atoms with E-state index in [4.69, 9.17) is 5.73 Å². The van der Waals surface area contributed by atoms with Crippen molar-refractivity contribution in [3.8, 4) is 0 Å². The van der Waals surface area contributed by atoms with Gasteiger partial charge in [-0.3, -0.25) is 0 Å². The lowest BCUT2D eigenvalue weighted by Crippen LogP contribution is -2.42. The lowest BCUT2D eigenvalue weighted by Gasteiger charge is -2.30. The fourth-order valence-corrected chi connectivity index (χ4v) is 3.18. The molecular weight excluding hydrogens is 305 g/mol. The highest BCUT2D eigenvalue weighted by Gasteiger charge is 2.46. The Morgan fingerprint density at radius 2 is 1.67 bits per heavy atom. The number of hydrogen-bond donors (Lipinski definition) is 2. The first kappa shape index (κ1) is 16.1. The van der Waals surface area contributed by atoms with E-state index in [2.05, 4.69) is 5.32 Å². The van der Waals surface area contributed by atoms with Crippen LogP contribution in [0.25, 0.3) is 0 Å². The number of halogens is 3. The van der Waals surface area contributed by atoms with Gasteiger partial charge in [0.25, 0.3) is 9.84 Å². The number of rotatable bonds is 3. The van der Waals surface area contributed by atoms with Crippen molar-refractivity contribution in [2.45, 2.75) is 48.2 Å². The molecule has 0 aliphatic heterocycles. The highest BCUT2D eigenvalue weighted by Crippen LogP contribution is 2.31. The van der Waals surface area contributed by atoms with Crippen LogP contribution < -0.4 is 11.1 Å². The largest absolute Gasteiger partial charge is 0.501 e. The molecule has 2 rings (SSSR count). The maximum atomic E-state index is 12.4. The minimum Gasteiger partial charge on any atom is -0.381 e. The van der Waals surface area contributed by atoms with E-state index in [1.54, 1.807) is 0 Å². The molecule has 4 nitrogen and oxygen atoms in total. The first-order chi connectivity index (χ1) is 9.72. The summed E-state index contributed by atoms with van der Waals surface area (Å²) in [7, 11) is -5.29. The van der Waals surface area contributed by atoms with E-state index < -0.39 is 20.2 Å². The molecule has 1 aromatic rings. The van der Waals surface area contributed by atoms with Gasteiger partial charge in [0.15, 0.2) is 0 Å². The van der Waals surface area contributed by atoms with Crippen molar-refractivity contribution in [3.05, 3.63) is 24.3 Å². The molecule has 0 saturated heterocycles. The van der Waals surface area contributed by atoms with Crippen LogP contribution in [0.5, 0.6) is 0 Å². The summed E-state index contributed by atoms with van der Waals surface area (Å²) in [6.07, 6.45) is 3.91. The Kier molecular flexibility index (Phi) is 4.48. The Bertz CT molecular complexity index is 584. The van der Waals surface area contributed by atoms with Gasteiger partial charge in [0.05, 0.1) is 4.90 Å².